The van der Waals surface area contributed by atoms with Crippen LogP contribution in [0.25, 0.3) is 0 Å². The molecule has 4 rings (SSSR count). The van der Waals surface area contributed by atoms with Crippen LogP contribution in [0.1, 0.15) is 17.9 Å². The van der Waals surface area contributed by atoms with Crippen LogP contribution in [-0.2, 0) is 10.0 Å². The largest absolute Gasteiger partial charge is 0.454 e. The van der Waals surface area contributed by atoms with Crippen LogP contribution < -0.4 is 9.47 Å². The Labute approximate surface area is 150 Å². The smallest absolute Gasteiger partial charge is 0.289 e. The second-order valence-corrected chi connectivity index (χ2v) is 8.09. The number of nitro groups is 1. The van der Waals surface area contributed by atoms with Crippen LogP contribution in [0.15, 0.2) is 47.4 Å². The second-order valence-electron chi connectivity index (χ2n) is 6.19. The quantitative estimate of drug-likeness (QED) is 0.600. The third-order valence-electron chi connectivity index (χ3n) is 4.70. The van der Waals surface area contributed by atoms with E-state index in [2.05, 4.69) is 0 Å². The number of hydrogen-bond donors (Lipinski definition) is 0. The normalized spacial score (nSPS) is 19.6. The first-order chi connectivity index (χ1) is 12.5. The molecule has 0 aromatic heterocycles. The number of benzene rings is 2. The first-order valence-corrected chi connectivity index (χ1v) is 9.54. The molecular formula is C17H16N2O6S. The Balaban J connectivity index is 1.60. The fraction of sp³-hybridized carbons (Fsp3) is 0.294. The van der Waals surface area contributed by atoms with Crippen LogP contribution in [-0.4, -0.2) is 37.5 Å². The van der Waals surface area contributed by atoms with Gasteiger partial charge in [0.15, 0.2) is 16.4 Å². The monoisotopic (exact) mass is 376 g/mol. The molecular weight excluding hydrogens is 360 g/mol. The summed E-state index contributed by atoms with van der Waals surface area (Å²) >= 11 is 0. The van der Waals surface area contributed by atoms with Gasteiger partial charge in [-0.2, -0.15) is 4.31 Å². The van der Waals surface area contributed by atoms with Crippen LogP contribution in [0.3, 0.4) is 0 Å². The van der Waals surface area contributed by atoms with Gasteiger partial charge in [0.25, 0.3) is 5.69 Å². The minimum atomic E-state index is -3.93. The molecule has 0 saturated carbocycles. The lowest BCUT2D eigenvalue weighted by molar-refractivity contribution is -0.387. The molecule has 0 bridgehead atoms. The van der Waals surface area contributed by atoms with E-state index in [9.17, 15) is 18.5 Å². The highest BCUT2D eigenvalue weighted by atomic mass is 32.2. The van der Waals surface area contributed by atoms with E-state index < -0.39 is 20.6 Å². The molecule has 2 aromatic carbocycles. The average Bonchev–Trinajstić information content (AvgIpc) is 3.30. The number of nitro benzene ring substituents is 1. The Hall–Kier alpha value is -2.65. The molecule has 2 aromatic rings. The fourth-order valence-corrected chi connectivity index (χ4v) is 5.01. The molecule has 2 aliphatic rings. The molecule has 136 valence electrons. The van der Waals surface area contributed by atoms with Crippen LogP contribution in [0.2, 0.25) is 0 Å². The van der Waals surface area contributed by atoms with Crippen LogP contribution in [0.4, 0.5) is 5.69 Å². The van der Waals surface area contributed by atoms with Gasteiger partial charge in [0.05, 0.1) is 4.92 Å². The topological polar surface area (TPSA) is 99.0 Å². The van der Waals surface area contributed by atoms with E-state index in [0.29, 0.717) is 24.5 Å². The van der Waals surface area contributed by atoms with E-state index in [0.717, 1.165) is 5.56 Å². The standard InChI is InChI=1S/C17H16N2O6S/c20-19(21)14-3-1-2-4-17(14)26(22,23)18-8-7-13(10-18)12-5-6-15-16(9-12)25-11-24-15/h1-6,9,13H,7-8,10-11H2. The molecule has 0 N–H and O–H groups in total. The van der Waals surface area contributed by atoms with Crippen LogP contribution >= 0.6 is 0 Å². The zero-order chi connectivity index (χ0) is 18.3. The van der Waals surface area contributed by atoms with E-state index in [1.54, 1.807) is 0 Å². The number of para-hydroxylation sites is 1. The number of hydrogen-bond acceptors (Lipinski definition) is 6. The molecule has 9 heteroatoms. The van der Waals surface area contributed by atoms with Crippen molar-refractivity contribution in [1.29, 1.82) is 0 Å². The minimum Gasteiger partial charge on any atom is -0.454 e. The SMILES string of the molecule is O=[N+]([O-])c1ccccc1S(=O)(=O)N1CCC(c2ccc3c(c2)OCO3)C1. The van der Waals surface area contributed by atoms with Gasteiger partial charge in [-0.15, -0.1) is 0 Å². The van der Waals surface area contributed by atoms with Crippen molar-refractivity contribution in [2.24, 2.45) is 0 Å². The molecule has 1 saturated heterocycles. The molecule has 0 amide bonds. The molecule has 1 fully saturated rings. The van der Waals surface area contributed by atoms with Crippen molar-refractivity contribution in [2.75, 3.05) is 19.9 Å². The lowest BCUT2D eigenvalue weighted by Crippen LogP contribution is -2.29. The summed E-state index contributed by atoms with van der Waals surface area (Å²) in [6.45, 7) is 0.767. The molecule has 1 atom stereocenters. The lowest BCUT2D eigenvalue weighted by Gasteiger charge is -2.17. The molecule has 0 radical (unpaired) electrons. The molecule has 8 nitrogen and oxygen atoms in total. The van der Waals surface area contributed by atoms with Gasteiger partial charge in [0.2, 0.25) is 16.8 Å². The predicted octanol–water partition coefficient (Wildman–Crippen LogP) is 2.50. The average molecular weight is 376 g/mol. The van der Waals surface area contributed by atoms with Crippen molar-refractivity contribution in [3.63, 3.8) is 0 Å². The summed E-state index contributed by atoms with van der Waals surface area (Å²) in [4.78, 5) is 10.2. The maximum Gasteiger partial charge on any atom is 0.289 e. The summed E-state index contributed by atoms with van der Waals surface area (Å²) in [5.41, 5.74) is 0.563. The Kier molecular flexibility index (Phi) is 4.04. The summed E-state index contributed by atoms with van der Waals surface area (Å²) in [7, 11) is -3.93. The number of ether oxygens (including phenoxy) is 2. The maximum atomic E-state index is 12.9. The first kappa shape index (κ1) is 16.8. The fourth-order valence-electron chi connectivity index (χ4n) is 3.35. The zero-order valence-electron chi connectivity index (χ0n) is 13.7. The number of sulfonamides is 1. The third kappa shape index (κ3) is 2.78. The summed E-state index contributed by atoms with van der Waals surface area (Å²) < 4.78 is 37.8. The summed E-state index contributed by atoms with van der Waals surface area (Å²) in [6.07, 6.45) is 0.638. The second kappa shape index (κ2) is 6.26. The molecule has 2 heterocycles. The van der Waals surface area contributed by atoms with E-state index in [1.807, 2.05) is 18.2 Å². The summed E-state index contributed by atoms with van der Waals surface area (Å²) in [5.74, 6) is 1.33. The van der Waals surface area contributed by atoms with Gasteiger partial charge in [-0.05, 0) is 36.1 Å². The van der Waals surface area contributed by atoms with Gasteiger partial charge in [0, 0.05) is 19.2 Å². The first-order valence-electron chi connectivity index (χ1n) is 8.10. The molecule has 0 spiro atoms. The van der Waals surface area contributed by atoms with E-state index in [4.69, 9.17) is 9.47 Å². The number of fused-ring (bicyclic) bond motifs is 1. The van der Waals surface area contributed by atoms with Crippen molar-refractivity contribution >= 4 is 15.7 Å². The van der Waals surface area contributed by atoms with E-state index in [-0.39, 0.29) is 24.2 Å². The highest BCUT2D eigenvalue weighted by Gasteiger charge is 2.37. The van der Waals surface area contributed by atoms with Crippen LogP contribution in [0.5, 0.6) is 11.5 Å². The zero-order valence-corrected chi connectivity index (χ0v) is 14.5. The predicted molar refractivity (Wildman–Crippen MR) is 91.8 cm³/mol. The van der Waals surface area contributed by atoms with Crippen molar-refractivity contribution in [3.05, 3.63) is 58.1 Å². The minimum absolute atomic E-state index is 0.00189. The van der Waals surface area contributed by atoms with Gasteiger partial charge >= 0.3 is 0 Å². The lowest BCUT2D eigenvalue weighted by atomic mass is 9.98. The summed E-state index contributed by atoms with van der Waals surface area (Å²) in [5, 5.41) is 11.2. The highest BCUT2D eigenvalue weighted by molar-refractivity contribution is 7.89. The van der Waals surface area contributed by atoms with Crippen molar-refractivity contribution in [2.45, 2.75) is 17.2 Å². The number of nitrogens with zero attached hydrogens (tertiary/aromatic N) is 2. The van der Waals surface area contributed by atoms with Crippen molar-refractivity contribution in [3.8, 4) is 11.5 Å². The Morgan fingerprint density at radius 3 is 2.69 bits per heavy atom. The molecule has 0 aliphatic carbocycles. The van der Waals surface area contributed by atoms with Gasteiger partial charge in [0.1, 0.15) is 0 Å². The van der Waals surface area contributed by atoms with Gasteiger partial charge in [-0.3, -0.25) is 10.1 Å². The van der Waals surface area contributed by atoms with Gasteiger partial charge in [-0.1, -0.05) is 18.2 Å². The van der Waals surface area contributed by atoms with Crippen LogP contribution in [0, 0.1) is 10.1 Å². The Morgan fingerprint density at radius 1 is 1.12 bits per heavy atom. The van der Waals surface area contributed by atoms with E-state index in [1.165, 1.54) is 28.6 Å². The molecule has 2 aliphatic heterocycles. The molecule has 1 unspecified atom stereocenters. The third-order valence-corrected chi connectivity index (χ3v) is 6.61. The Bertz CT molecular complexity index is 975. The van der Waals surface area contributed by atoms with Gasteiger partial charge in [-0.25, -0.2) is 8.42 Å². The molecule has 26 heavy (non-hydrogen) atoms. The summed E-state index contributed by atoms with van der Waals surface area (Å²) in [6, 6.07) is 11.0. The van der Waals surface area contributed by atoms with Gasteiger partial charge < -0.3 is 9.47 Å². The Morgan fingerprint density at radius 2 is 1.88 bits per heavy atom. The maximum absolute atomic E-state index is 12.9. The van der Waals surface area contributed by atoms with Crippen molar-refractivity contribution < 1.29 is 22.8 Å². The van der Waals surface area contributed by atoms with E-state index >= 15 is 0 Å². The number of rotatable bonds is 4. The highest BCUT2D eigenvalue weighted by Crippen LogP contribution is 2.38. The van der Waals surface area contributed by atoms with Crippen molar-refractivity contribution in [1.82, 2.24) is 4.31 Å².